The van der Waals surface area contributed by atoms with Crippen molar-refractivity contribution in [1.82, 2.24) is 9.88 Å². The van der Waals surface area contributed by atoms with E-state index in [1.54, 1.807) is 0 Å². The van der Waals surface area contributed by atoms with Gasteiger partial charge in [-0.05, 0) is 42.9 Å². The van der Waals surface area contributed by atoms with E-state index in [-0.39, 0.29) is 48.4 Å². The lowest BCUT2D eigenvalue weighted by Gasteiger charge is -2.15. The van der Waals surface area contributed by atoms with Crippen molar-refractivity contribution in [3.05, 3.63) is 45.2 Å². The second-order valence-electron chi connectivity index (χ2n) is 10.3. The Morgan fingerprint density at radius 1 is 1.31 bits per heavy atom. The van der Waals surface area contributed by atoms with Crippen LogP contribution in [-0.4, -0.2) is 48.6 Å². The summed E-state index contributed by atoms with van der Waals surface area (Å²) >= 11 is 1.33. The standard InChI is InChI=1S/C25H31F4N3O3S/c1-24(2,3)21-13-32(12-18-5-4-8-34-18)23(36-21)31-22(33)19-9-15(25(27,28)29)6-7-20(19)35-14-17-10-16(26)11-30-17/h6-7,9,13,16-18,30H,4-5,8,10-12,14H2,1-3H3/t16-,17-,18+/m0/s1. The number of nitrogens with one attached hydrogen (secondary N) is 1. The predicted octanol–water partition coefficient (Wildman–Crippen LogP) is 4.86. The molecule has 2 saturated heterocycles. The molecule has 2 fully saturated rings. The van der Waals surface area contributed by atoms with E-state index in [9.17, 15) is 22.4 Å². The van der Waals surface area contributed by atoms with Crippen LogP contribution in [0.2, 0.25) is 0 Å². The average molecular weight is 530 g/mol. The van der Waals surface area contributed by atoms with Gasteiger partial charge in [0.2, 0.25) is 0 Å². The molecule has 1 aromatic heterocycles. The third-order valence-corrected chi connectivity index (χ3v) is 7.67. The normalized spacial score (nSPS) is 23.4. The van der Waals surface area contributed by atoms with Gasteiger partial charge in [-0.3, -0.25) is 4.79 Å². The molecule has 198 valence electrons. The molecule has 6 nitrogen and oxygen atoms in total. The van der Waals surface area contributed by atoms with Crippen molar-refractivity contribution in [1.29, 1.82) is 0 Å². The Balaban J connectivity index is 1.68. The van der Waals surface area contributed by atoms with E-state index in [0.717, 1.165) is 35.9 Å². The van der Waals surface area contributed by atoms with Gasteiger partial charge in [-0.2, -0.15) is 18.2 Å². The predicted molar refractivity (Wildman–Crippen MR) is 128 cm³/mol. The first kappa shape index (κ1) is 26.8. The van der Waals surface area contributed by atoms with Gasteiger partial charge in [0.1, 0.15) is 18.5 Å². The molecule has 0 unspecified atom stereocenters. The molecule has 0 spiro atoms. The van der Waals surface area contributed by atoms with Gasteiger partial charge in [0.15, 0.2) is 4.80 Å². The van der Waals surface area contributed by atoms with E-state index in [4.69, 9.17) is 9.47 Å². The highest BCUT2D eigenvalue weighted by Crippen LogP contribution is 2.33. The average Bonchev–Trinajstić information content (AvgIpc) is 3.54. The molecule has 36 heavy (non-hydrogen) atoms. The number of halogens is 4. The highest BCUT2D eigenvalue weighted by molar-refractivity contribution is 7.09. The molecule has 2 aromatic rings. The van der Waals surface area contributed by atoms with E-state index in [1.165, 1.54) is 11.3 Å². The summed E-state index contributed by atoms with van der Waals surface area (Å²) in [7, 11) is 0. The molecule has 0 saturated carbocycles. The summed E-state index contributed by atoms with van der Waals surface area (Å²) in [5.41, 5.74) is -1.45. The van der Waals surface area contributed by atoms with Gasteiger partial charge < -0.3 is 19.4 Å². The van der Waals surface area contributed by atoms with Crippen molar-refractivity contribution in [2.24, 2.45) is 4.99 Å². The maximum absolute atomic E-state index is 13.5. The monoisotopic (exact) mass is 529 g/mol. The summed E-state index contributed by atoms with van der Waals surface area (Å²) in [5, 5.41) is 2.96. The Morgan fingerprint density at radius 3 is 2.69 bits per heavy atom. The van der Waals surface area contributed by atoms with Crippen LogP contribution in [0.1, 0.15) is 60.8 Å². The van der Waals surface area contributed by atoms with Crippen molar-refractivity contribution in [2.45, 2.75) is 76.5 Å². The van der Waals surface area contributed by atoms with E-state index >= 15 is 0 Å². The Hall–Kier alpha value is -2.24. The molecule has 3 heterocycles. The Bertz CT molecular complexity index is 1150. The zero-order chi connectivity index (χ0) is 26.1. The third kappa shape index (κ3) is 6.54. The maximum atomic E-state index is 13.5. The van der Waals surface area contributed by atoms with Crippen LogP contribution in [0, 0.1) is 0 Å². The second-order valence-corrected chi connectivity index (χ2v) is 11.3. The number of aromatic nitrogens is 1. The van der Waals surface area contributed by atoms with Gasteiger partial charge in [0, 0.05) is 30.3 Å². The van der Waals surface area contributed by atoms with Crippen LogP contribution in [0.4, 0.5) is 17.6 Å². The third-order valence-electron chi connectivity index (χ3n) is 6.23. The molecular weight excluding hydrogens is 498 g/mol. The first-order chi connectivity index (χ1) is 16.9. The Labute approximate surface area is 211 Å². The minimum Gasteiger partial charge on any atom is -0.491 e. The number of hydrogen-bond donors (Lipinski definition) is 1. The highest BCUT2D eigenvalue weighted by Gasteiger charge is 2.33. The molecule has 2 aliphatic heterocycles. The Morgan fingerprint density at radius 2 is 2.08 bits per heavy atom. The lowest BCUT2D eigenvalue weighted by molar-refractivity contribution is -0.137. The van der Waals surface area contributed by atoms with Crippen molar-refractivity contribution in [2.75, 3.05) is 19.8 Å². The van der Waals surface area contributed by atoms with Crippen LogP contribution in [0.25, 0.3) is 0 Å². The topological polar surface area (TPSA) is 64.9 Å². The van der Waals surface area contributed by atoms with Gasteiger partial charge in [-0.1, -0.05) is 20.8 Å². The number of alkyl halides is 4. The largest absolute Gasteiger partial charge is 0.491 e. The maximum Gasteiger partial charge on any atom is 0.416 e. The molecule has 0 bridgehead atoms. The molecule has 0 aliphatic carbocycles. The molecule has 11 heteroatoms. The lowest BCUT2D eigenvalue weighted by Crippen LogP contribution is -2.28. The minimum atomic E-state index is -4.63. The van der Waals surface area contributed by atoms with Crippen LogP contribution in [0.15, 0.2) is 29.4 Å². The molecular formula is C25H31F4N3O3S. The van der Waals surface area contributed by atoms with Gasteiger partial charge in [-0.25, -0.2) is 4.39 Å². The van der Waals surface area contributed by atoms with Crippen molar-refractivity contribution in [3.63, 3.8) is 0 Å². The van der Waals surface area contributed by atoms with E-state index in [2.05, 4.69) is 10.3 Å². The summed E-state index contributed by atoms with van der Waals surface area (Å²) in [5.74, 6) is -0.846. The number of ether oxygens (including phenoxy) is 2. The smallest absolute Gasteiger partial charge is 0.416 e. The van der Waals surface area contributed by atoms with E-state index in [1.807, 2.05) is 31.5 Å². The highest BCUT2D eigenvalue weighted by atomic mass is 32.1. The molecule has 1 N–H and O–H groups in total. The fourth-order valence-electron chi connectivity index (χ4n) is 4.19. The molecule has 3 atom stereocenters. The number of thiazole rings is 1. The summed E-state index contributed by atoms with van der Waals surface area (Å²) < 4.78 is 67.1. The number of carbonyl (C=O) groups is 1. The molecule has 4 rings (SSSR count). The fourth-order valence-corrected chi connectivity index (χ4v) is 5.24. The van der Waals surface area contributed by atoms with Crippen molar-refractivity contribution in [3.8, 4) is 5.75 Å². The van der Waals surface area contributed by atoms with Gasteiger partial charge >= 0.3 is 6.18 Å². The fraction of sp³-hybridized carbons (Fsp3) is 0.600. The number of carbonyl (C=O) groups excluding carboxylic acids is 1. The van der Waals surface area contributed by atoms with Gasteiger partial charge in [0.05, 0.1) is 23.8 Å². The van der Waals surface area contributed by atoms with Crippen LogP contribution in [0.3, 0.4) is 0 Å². The van der Waals surface area contributed by atoms with Gasteiger partial charge in [0.25, 0.3) is 5.91 Å². The lowest BCUT2D eigenvalue weighted by atomic mass is 9.95. The summed E-state index contributed by atoms with van der Waals surface area (Å²) in [6.07, 6.45) is -1.63. The number of amides is 1. The van der Waals surface area contributed by atoms with Crippen LogP contribution < -0.4 is 14.9 Å². The first-order valence-electron chi connectivity index (χ1n) is 12.0. The minimum absolute atomic E-state index is 0.00726. The molecule has 1 aromatic carbocycles. The van der Waals surface area contributed by atoms with E-state index in [0.29, 0.717) is 18.0 Å². The SMILES string of the molecule is CC(C)(C)c1cn(C[C@H]2CCCO2)c(=NC(=O)c2cc(C(F)(F)F)ccc2OC[C@@H]2C[C@H](F)CN2)s1. The van der Waals surface area contributed by atoms with Crippen LogP contribution >= 0.6 is 11.3 Å². The number of rotatable bonds is 6. The van der Waals surface area contributed by atoms with Gasteiger partial charge in [-0.15, -0.1) is 11.3 Å². The summed E-state index contributed by atoms with van der Waals surface area (Å²) in [4.78, 5) is 18.9. The summed E-state index contributed by atoms with van der Waals surface area (Å²) in [6.45, 7) is 7.52. The van der Waals surface area contributed by atoms with Crippen LogP contribution in [0.5, 0.6) is 5.75 Å². The van der Waals surface area contributed by atoms with Crippen molar-refractivity contribution >= 4 is 17.2 Å². The number of hydrogen-bond acceptors (Lipinski definition) is 5. The van der Waals surface area contributed by atoms with Crippen LogP contribution in [-0.2, 0) is 22.9 Å². The second kappa shape index (κ2) is 10.6. The zero-order valence-corrected chi connectivity index (χ0v) is 21.3. The zero-order valence-electron chi connectivity index (χ0n) is 20.5. The molecule has 0 radical (unpaired) electrons. The van der Waals surface area contributed by atoms with E-state index < -0.39 is 23.8 Å². The Kier molecular flexibility index (Phi) is 7.92. The summed E-state index contributed by atoms with van der Waals surface area (Å²) in [6, 6.07) is 2.47. The van der Waals surface area contributed by atoms with Crippen molar-refractivity contribution < 1.29 is 31.8 Å². The number of benzene rings is 1. The quantitative estimate of drug-likeness (QED) is 0.543. The number of nitrogens with zero attached hydrogens (tertiary/aromatic N) is 2. The molecule has 2 aliphatic rings. The first-order valence-corrected chi connectivity index (χ1v) is 12.8. The molecule has 1 amide bonds.